The molecule has 0 bridgehead atoms. The van der Waals surface area contributed by atoms with E-state index in [1.165, 1.54) is 11.9 Å². The van der Waals surface area contributed by atoms with E-state index in [0.717, 1.165) is 28.8 Å². The zero-order valence-electron chi connectivity index (χ0n) is 16.3. The molecule has 3 heterocycles. The summed E-state index contributed by atoms with van der Waals surface area (Å²) in [6.07, 6.45) is 4.20. The second-order valence-electron chi connectivity index (χ2n) is 7.03. The molecule has 0 aliphatic carbocycles. The Hall–Kier alpha value is -4.07. The number of aromatic nitrogens is 7. The van der Waals surface area contributed by atoms with Crippen molar-refractivity contribution in [3.8, 4) is 11.3 Å². The van der Waals surface area contributed by atoms with Gasteiger partial charge in [-0.3, -0.25) is 4.68 Å². The average molecular weight is 396 g/mol. The molecule has 0 fully saturated rings. The highest BCUT2D eigenvalue weighted by Gasteiger charge is 2.16. The molecule has 0 aliphatic heterocycles. The van der Waals surface area contributed by atoms with Gasteiger partial charge in [0.25, 0.3) is 0 Å². The van der Waals surface area contributed by atoms with E-state index in [0.29, 0.717) is 24.6 Å². The van der Waals surface area contributed by atoms with E-state index in [-0.39, 0.29) is 0 Å². The van der Waals surface area contributed by atoms with Crippen molar-refractivity contribution in [3.63, 3.8) is 0 Å². The monoisotopic (exact) mass is 396 g/mol. The van der Waals surface area contributed by atoms with Crippen LogP contribution in [-0.4, -0.2) is 34.7 Å². The molecule has 5 aromatic rings. The summed E-state index contributed by atoms with van der Waals surface area (Å²) in [5.74, 6) is 0.427. The van der Waals surface area contributed by atoms with Crippen molar-refractivity contribution in [2.45, 2.75) is 19.5 Å². The molecule has 0 unspecified atom stereocenters. The maximum absolute atomic E-state index is 6.16. The zero-order chi connectivity index (χ0) is 20.3. The number of benzene rings is 2. The molecule has 0 amide bonds. The Kier molecular flexibility index (Phi) is 4.65. The molecule has 148 valence electrons. The van der Waals surface area contributed by atoms with Gasteiger partial charge >= 0.3 is 0 Å². The largest absolute Gasteiger partial charge is 0.383 e. The average Bonchev–Trinajstić information content (AvgIpc) is 3.39. The van der Waals surface area contributed by atoms with Gasteiger partial charge in [0.15, 0.2) is 5.65 Å². The van der Waals surface area contributed by atoms with Gasteiger partial charge < -0.3 is 5.73 Å². The third kappa shape index (κ3) is 3.50. The number of rotatable bonds is 6. The van der Waals surface area contributed by atoms with Crippen LogP contribution in [0.2, 0.25) is 0 Å². The highest BCUT2D eigenvalue weighted by Crippen LogP contribution is 2.29. The molecule has 8 nitrogen and oxygen atoms in total. The summed E-state index contributed by atoms with van der Waals surface area (Å²) >= 11 is 0. The SMILES string of the molecule is Nc1ncnc2c1c(-c1ccccc1)nn2CCn1cc(Cc2ccccc2)nn1. The molecular formula is C22H20N8. The lowest BCUT2D eigenvalue weighted by atomic mass is 10.1. The van der Waals surface area contributed by atoms with Gasteiger partial charge in [0.05, 0.1) is 24.2 Å². The Morgan fingerprint density at radius 2 is 1.63 bits per heavy atom. The third-order valence-corrected chi connectivity index (χ3v) is 4.96. The van der Waals surface area contributed by atoms with Crippen LogP contribution < -0.4 is 5.73 Å². The van der Waals surface area contributed by atoms with Crippen LogP contribution in [0.3, 0.4) is 0 Å². The van der Waals surface area contributed by atoms with E-state index >= 15 is 0 Å². The van der Waals surface area contributed by atoms with Crippen molar-refractivity contribution < 1.29 is 0 Å². The summed E-state index contributed by atoms with van der Waals surface area (Å²) in [7, 11) is 0. The molecule has 0 spiro atoms. The van der Waals surface area contributed by atoms with E-state index in [9.17, 15) is 0 Å². The first kappa shape index (κ1) is 18.0. The molecule has 8 heteroatoms. The van der Waals surface area contributed by atoms with E-state index in [2.05, 4.69) is 32.4 Å². The van der Waals surface area contributed by atoms with E-state index in [1.54, 1.807) is 0 Å². The number of hydrogen-bond donors (Lipinski definition) is 1. The highest BCUT2D eigenvalue weighted by atomic mass is 15.4. The first-order valence-electron chi connectivity index (χ1n) is 9.73. The first-order valence-corrected chi connectivity index (χ1v) is 9.73. The summed E-state index contributed by atoms with van der Waals surface area (Å²) < 4.78 is 3.69. The van der Waals surface area contributed by atoms with Crippen LogP contribution >= 0.6 is 0 Å². The molecule has 0 saturated heterocycles. The fourth-order valence-corrected chi connectivity index (χ4v) is 3.52. The maximum Gasteiger partial charge on any atom is 0.164 e. The minimum Gasteiger partial charge on any atom is -0.383 e. The lowest BCUT2D eigenvalue weighted by molar-refractivity contribution is 0.497. The van der Waals surface area contributed by atoms with Crippen LogP contribution in [0.1, 0.15) is 11.3 Å². The van der Waals surface area contributed by atoms with Crippen LogP contribution in [0.5, 0.6) is 0 Å². The van der Waals surface area contributed by atoms with Crippen molar-refractivity contribution in [1.29, 1.82) is 0 Å². The number of fused-ring (bicyclic) bond motifs is 1. The Bertz CT molecular complexity index is 1270. The van der Waals surface area contributed by atoms with Crippen LogP contribution in [0.15, 0.2) is 73.2 Å². The maximum atomic E-state index is 6.16. The zero-order valence-corrected chi connectivity index (χ0v) is 16.3. The smallest absolute Gasteiger partial charge is 0.164 e. The quantitative estimate of drug-likeness (QED) is 0.474. The molecule has 5 rings (SSSR count). The van der Waals surface area contributed by atoms with Crippen LogP contribution in [0, 0.1) is 0 Å². The lowest BCUT2D eigenvalue weighted by Gasteiger charge is -2.02. The van der Waals surface area contributed by atoms with E-state index in [1.807, 2.05) is 64.1 Å². The topological polar surface area (TPSA) is 100 Å². The number of nitrogens with two attached hydrogens (primary N) is 1. The van der Waals surface area contributed by atoms with Crippen LogP contribution in [-0.2, 0) is 19.5 Å². The predicted octanol–water partition coefficient (Wildman–Crippen LogP) is 2.96. The number of nitrogen functional groups attached to an aromatic ring is 1. The summed E-state index contributed by atoms with van der Waals surface area (Å²) in [4.78, 5) is 8.58. The highest BCUT2D eigenvalue weighted by molar-refractivity contribution is 5.98. The molecule has 30 heavy (non-hydrogen) atoms. The summed E-state index contributed by atoms with van der Waals surface area (Å²) in [6.45, 7) is 1.21. The van der Waals surface area contributed by atoms with E-state index in [4.69, 9.17) is 10.8 Å². The number of nitrogens with zero attached hydrogens (tertiary/aromatic N) is 7. The summed E-state index contributed by atoms with van der Waals surface area (Å²) in [6, 6.07) is 20.2. The van der Waals surface area contributed by atoms with E-state index < -0.39 is 0 Å². The van der Waals surface area contributed by atoms with Gasteiger partial charge in [0.1, 0.15) is 17.8 Å². The van der Waals surface area contributed by atoms with Crippen molar-refractivity contribution in [2.24, 2.45) is 0 Å². The Morgan fingerprint density at radius 3 is 2.43 bits per heavy atom. The van der Waals surface area contributed by atoms with Gasteiger partial charge in [-0.05, 0) is 5.56 Å². The second-order valence-corrected chi connectivity index (χ2v) is 7.03. The van der Waals surface area contributed by atoms with Crippen LogP contribution in [0.4, 0.5) is 5.82 Å². The second kappa shape index (κ2) is 7.75. The normalized spacial score (nSPS) is 11.2. The van der Waals surface area contributed by atoms with Gasteiger partial charge in [0.2, 0.25) is 0 Å². The fourth-order valence-electron chi connectivity index (χ4n) is 3.52. The van der Waals surface area contributed by atoms with Gasteiger partial charge in [-0.25, -0.2) is 14.6 Å². The minimum atomic E-state index is 0.427. The van der Waals surface area contributed by atoms with Crippen LogP contribution in [0.25, 0.3) is 22.3 Å². The predicted molar refractivity (Wildman–Crippen MR) is 114 cm³/mol. The lowest BCUT2D eigenvalue weighted by Crippen LogP contribution is -2.10. The molecule has 0 atom stereocenters. The minimum absolute atomic E-state index is 0.427. The molecule has 0 aliphatic rings. The van der Waals surface area contributed by atoms with Crippen molar-refractivity contribution >= 4 is 16.9 Å². The number of hydrogen-bond acceptors (Lipinski definition) is 6. The Morgan fingerprint density at radius 1 is 0.867 bits per heavy atom. The van der Waals surface area contributed by atoms with Gasteiger partial charge in [0, 0.05) is 18.2 Å². The number of anilines is 1. The molecular weight excluding hydrogens is 376 g/mol. The standard InChI is InChI=1S/C22H20N8/c23-21-19-20(17-9-5-2-6-10-17)27-30(22(19)25-15-24-21)12-11-29-14-18(26-28-29)13-16-7-3-1-4-8-16/h1-10,14-15H,11-13H2,(H2,23,24,25). The third-order valence-electron chi connectivity index (χ3n) is 4.96. The van der Waals surface area contributed by atoms with Gasteiger partial charge in [-0.1, -0.05) is 65.9 Å². The summed E-state index contributed by atoms with van der Waals surface area (Å²) in [5, 5.41) is 14.1. The number of aryl methyl sites for hydroxylation is 2. The van der Waals surface area contributed by atoms with Gasteiger partial charge in [-0.2, -0.15) is 5.10 Å². The Labute approximate surface area is 173 Å². The Balaban J connectivity index is 1.39. The molecule has 3 aromatic heterocycles. The molecule has 0 saturated carbocycles. The first-order chi connectivity index (χ1) is 14.8. The molecule has 0 radical (unpaired) electrons. The van der Waals surface area contributed by atoms with Gasteiger partial charge in [-0.15, -0.1) is 5.10 Å². The fraction of sp³-hybridized carbons (Fsp3) is 0.136. The molecule has 2 aromatic carbocycles. The summed E-state index contributed by atoms with van der Waals surface area (Å²) in [5.41, 5.74) is 10.8. The van der Waals surface area contributed by atoms with Crippen molar-refractivity contribution in [2.75, 3.05) is 5.73 Å². The molecule has 2 N–H and O–H groups in total. The van der Waals surface area contributed by atoms with Crippen molar-refractivity contribution in [1.82, 2.24) is 34.7 Å². The van der Waals surface area contributed by atoms with Crippen molar-refractivity contribution in [3.05, 3.63) is 84.4 Å².